The molecule has 2 aromatic carbocycles. The van der Waals surface area contributed by atoms with E-state index in [1.165, 1.54) is 6.07 Å². The zero-order valence-corrected chi connectivity index (χ0v) is 15.7. The third-order valence-corrected chi connectivity index (χ3v) is 4.52. The van der Waals surface area contributed by atoms with Crippen LogP contribution in [0, 0.1) is 10.1 Å². The molecule has 1 unspecified atom stereocenters. The van der Waals surface area contributed by atoms with Gasteiger partial charge in [-0.1, -0.05) is 43.3 Å². The lowest BCUT2D eigenvalue weighted by atomic mass is 10.0. The van der Waals surface area contributed by atoms with Crippen LogP contribution in [0.4, 0.5) is 23.1 Å². The van der Waals surface area contributed by atoms with Gasteiger partial charge in [0, 0.05) is 17.7 Å². The van der Waals surface area contributed by atoms with Crippen LogP contribution in [0.1, 0.15) is 31.1 Å². The molecule has 5 N–H and O–H groups in total. The van der Waals surface area contributed by atoms with Crippen molar-refractivity contribution < 1.29 is 4.92 Å². The maximum absolute atomic E-state index is 11.7. The Kier molecular flexibility index (Phi) is 5.39. The number of nitrogens with one attached hydrogen (secondary N) is 1. The minimum Gasteiger partial charge on any atom is -0.383 e. The quantitative estimate of drug-likeness (QED) is 0.437. The number of nitro groups is 1. The Balaban J connectivity index is 2.02. The summed E-state index contributed by atoms with van der Waals surface area (Å²) in [6.45, 7) is 3.87. The Bertz CT molecular complexity index is 1010. The molecule has 0 amide bonds. The SMILES string of the molecule is CCc1nc(N)nc(N)c1-c1ccc(NC(C)c2ccccc2)c([N+](=O)[O-])c1. The van der Waals surface area contributed by atoms with Gasteiger partial charge < -0.3 is 16.8 Å². The van der Waals surface area contributed by atoms with E-state index in [0.717, 1.165) is 5.56 Å². The van der Waals surface area contributed by atoms with E-state index in [1.54, 1.807) is 12.1 Å². The molecule has 3 rings (SSSR count). The summed E-state index contributed by atoms with van der Waals surface area (Å²) in [5.74, 6) is 0.291. The molecular weight excluding hydrogens is 356 g/mol. The molecule has 1 heterocycles. The van der Waals surface area contributed by atoms with E-state index >= 15 is 0 Å². The largest absolute Gasteiger partial charge is 0.383 e. The van der Waals surface area contributed by atoms with Crippen molar-refractivity contribution in [2.75, 3.05) is 16.8 Å². The fourth-order valence-corrected chi connectivity index (χ4v) is 3.14. The number of benzene rings is 2. The summed E-state index contributed by atoms with van der Waals surface area (Å²) < 4.78 is 0. The summed E-state index contributed by atoms with van der Waals surface area (Å²) >= 11 is 0. The fraction of sp³-hybridized carbons (Fsp3) is 0.200. The number of aromatic nitrogens is 2. The molecule has 8 nitrogen and oxygen atoms in total. The molecule has 8 heteroatoms. The van der Waals surface area contributed by atoms with Crippen LogP contribution < -0.4 is 16.8 Å². The molecule has 0 aliphatic carbocycles. The maximum Gasteiger partial charge on any atom is 0.292 e. The van der Waals surface area contributed by atoms with E-state index in [9.17, 15) is 10.1 Å². The Hall–Kier alpha value is -3.68. The van der Waals surface area contributed by atoms with Gasteiger partial charge >= 0.3 is 0 Å². The molecule has 0 aliphatic heterocycles. The standard InChI is InChI=1S/C20H22N6O2/c1-3-15-18(19(21)25-20(22)24-15)14-9-10-16(17(11-14)26(27)28)23-12(2)13-7-5-4-6-8-13/h4-12,23H,3H2,1-2H3,(H4,21,22,24,25). The molecule has 1 aromatic heterocycles. The molecule has 0 saturated carbocycles. The number of aryl methyl sites for hydroxylation is 1. The van der Waals surface area contributed by atoms with E-state index in [2.05, 4.69) is 15.3 Å². The third kappa shape index (κ3) is 3.85. The Labute approximate surface area is 162 Å². The topological polar surface area (TPSA) is 133 Å². The molecule has 0 bridgehead atoms. The van der Waals surface area contributed by atoms with E-state index < -0.39 is 4.92 Å². The van der Waals surface area contributed by atoms with Crippen molar-refractivity contribution in [1.82, 2.24) is 9.97 Å². The lowest BCUT2D eigenvalue weighted by molar-refractivity contribution is -0.383. The molecule has 0 radical (unpaired) electrons. The average Bonchev–Trinajstić information content (AvgIpc) is 2.68. The molecule has 0 fully saturated rings. The van der Waals surface area contributed by atoms with Crippen molar-refractivity contribution in [3.8, 4) is 11.1 Å². The number of nitrogens with zero attached hydrogens (tertiary/aromatic N) is 3. The second kappa shape index (κ2) is 7.91. The smallest absolute Gasteiger partial charge is 0.292 e. The molecule has 0 spiro atoms. The summed E-state index contributed by atoms with van der Waals surface area (Å²) in [4.78, 5) is 19.5. The van der Waals surface area contributed by atoms with Gasteiger partial charge in [-0.3, -0.25) is 10.1 Å². The van der Waals surface area contributed by atoms with E-state index in [-0.39, 0.29) is 23.5 Å². The van der Waals surface area contributed by atoms with Gasteiger partial charge in [0.25, 0.3) is 5.69 Å². The first-order valence-corrected chi connectivity index (χ1v) is 8.92. The number of hydrogen-bond donors (Lipinski definition) is 3. The van der Waals surface area contributed by atoms with Gasteiger partial charge in [-0.05, 0) is 30.5 Å². The average molecular weight is 378 g/mol. The summed E-state index contributed by atoms with van der Waals surface area (Å²) in [5, 5.41) is 14.9. The molecule has 0 saturated heterocycles. The number of nitro benzene ring substituents is 1. The summed E-state index contributed by atoms with van der Waals surface area (Å²) in [6.07, 6.45) is 0.574. The van der Waals surface area contributed by atoms with Crippen molar-refractivity contribution in [1.29, 1.82) is 0 Å². The zero-order chi connectivity index (χ0) is 20.3. The van der Waals surface area contributed by atoms with Gasteiger partial charge in [0.05, 0.1) is 10.6 Å². The van der Waals surface area contributed by atoms with E-state index in [0.29, 0.717) is 28.9 Å². The first kappa shape index (κ1) is 19.1. The van der Waals surface area contributed by atoms with E-state index in [1.807, 2.05) is 44.2 Å². The molecule has 3 aromatic rings. The van der Waals surface area contributed by atoms with Crippen molar-refractivity contribution in [3.05, 3.63) is 69.9 Å². The van der Waals surface area contributed by atoms with Crippen molar-refractivity contribution >= 4 is 23.1 Å². The highest BCUT2D eigenvalue weighted by Crippen LogP contribution is 2.36. The first-order valence-electron chi connectivity index (χ1n) is 8.92. The first-order chi connectivity index (χ1) is 13.4. The van der Waals surface area contributed by atoms with Crippen LogP contribution in [0.25, 0.3) is 11.1 Å². The highest BCUT2D eigenvalue weighted by molar-refractivity contribution is 5.81. The number of hydrogen-bond acceptors (Lipinski definition) is 7. The van der Waals surface area contributed by atoms with Gasteiger partial charge in [-0.2, -0.15) is 4.98 Å². The Morgan fingerprint density at radius 1 is 1.14 bits per heavy atom. The van der Waals surface area contributed by atoms with Crippen LogP contribution in [0.3, 0.4) is 0 Å². The minimum absolute atomic E-state index is 0.0430. The van der Waals surface area contributed by atoms with Gasteiger partial charge in [0.1, 0.15) is 11.5 Å². The van der Waals surface area contributed by atoms with Crippen LogP contribution in [0.5, 0.6) is 0 Å². The van der Waals surface area contributed by atoms with Crippen LogP contribution in [0.2, 0.25) is 0 Å². The third-order valence-electron chi connectivity index (χ3n) is 4.52. The van der Waals surface area contributed by atoms with Crippen LogP contribution in [-0.2, 0) is 6.42 Å². The van der Waals surface area contributed by atoms with Crippen molar-refractivity contribution in [2.24, 2.45) is 0 Å². The fourth-order valence-electron chi connectivity index (χ4n) is 3.14. The van der Waals surface area contributed by atoms with Crippen molar-refractivity contribution in [3.63, 3.8) is 0 Å². The molecule has 0 aliphatic rings. The van der Waals surface area contributed by atoms with Gasteiger partial charge in [0.15, 0.2) is 0 Å². The zero-order valence-electron chi connectivity index (χ0n) is 15.7. The number of anilines is 3. The highest BCUT2D eigenvalue weighted by atomic mass is 16.6. The van der Waals surface area contributed by atoms with Crippen LogP contribution in [-0.4, -0.2) is 14.9 Å². The molecule has 28 heavy (non-hydrogen) atoms. The molecule has 144 valence electrons. The molecule has 1 atom stereocenters. The summed E-state index contributed by atoms with van der Waals surface area (Å²) in [6, 6.07) is 14.6. The molecular formula is C20H22N6O2. The predicted molar refractivity (Wildman–Crippen MR) is 111 cm³/mol. The Morgan fingerprint density at radius 2 is 1.86 bits per heavy atom. The van der Waals surface area contributed by atoms with Crippen molar-refractivity contribution in [2.45, 2.75) is 26.3 Å². The van der Waals surface area contributed by atoms with E-state index in [4.69, 9.17) is 11.5 Å². The number of nitrogen functional groups attached to an aromatic ring is 2. The lowest BCUT2D eigenvalue weighted by Crippen LogP contribution is -2.09. The summed E-state index contributed by atoms with van der Waals surface area (Å²) in [5.41, 5.74) is 14.9. The van der Waals surface area contributed by atoms with Crippen LogP contribution >= 0.6 is 0 Å². The monoisotopic (exact) mass is 378 g/mol. The van der Waals surface area contributed by atoms with Crippen LogP contribution in [0.15, 0.2) is 48.5 Å². The number of nitrogens with two attached hydrogens (primary N) is 2. The minimum atomic E-state index is -0.413. The Morgan fingerprint density at radius 3 is 2.50 bits per heavy atom. The second-order valence-electron chi connectivity index (χ2n) is 6.41. The lowest BCUT2D eigenvalue weighted by Gasteiger charge is -2.17. The second-order valence-corrected chi connectivity index (χ2v) is 6.41. The van der Waals surface area contributed by atoms with Gasteiger partial charge in [0.2, 0.25) is 5.95 Å². The summed E-state index contributed by atoms with van der Waals surface area (Å²) in [7, 11) is 0. The number of rotatable bonds is 6. The van der Waals surface area contributed by atoms with Gasteiger partial charge in [-0.15, -0.1) is 0 Å². The normalized spacial score (nSPS) is 11.8. The predicted octanol–water partition coefficient (Wildman–Crippen LogP) is 3.95. The highest BCUT2D eigenvalue weighted by Gasteiger charge is 2.20. The maximum atomic E-state index is 11.7. The van der Waals surface area contributed by atoms with Gasteiger partial charge in [-0.25, -0.2) is 4.98 Å².